The fourth-order valence-corrected chi connectivity index (χ4v) is 2.18. The van der Waals surface area contributed by atoms with Crippen LogP contribution in [-0.4, -0.2) is 9.55 Å². The Balaban J connectivity index is 2.59. The molecule has 2 aromatic rings. The highest BCUT2D eigenvalue weighted by Gasteiger charge is 2.24. The lowest BCUT2D eigenvalue weighted by molar-refractivity contribution is 0.508. The number of benzene rings is 1. The molecule has 0 bridgehead atoms. The Labute approximate surface area is 113 Å². The number of hydrogen-bond donors (Lipinski definition) is 1. The Kier molecular flexibility index (Phi) is 3.35. The molecule has 1 aromatic heterocycles. The molecule has 0 atom stereocenters. The summed E-state index contributed by atoms with van der Waals surface area (Å²) in [5.74, 6) is 1.33. The molecule has 4 heteroatoms. The van der Waals surface area contributed by atoms with E-state index in [0.29, 0.717) is 5.82 Å². The van der Waals surface area contributed by atoms with Crippen molar-refractivity contribution >= 4 is 5.82 Å². The third kappa shape index (κ3) is 2.48. The van der Waals surface area contributed by atoms with Gasteiger partial charge in [0.05, 0.1) is 0 Å². The Bertz CT molecular complexity index is 577. The fraction of sp³-hybridized carbons (Fsp3) is 0.400. The maximum absolute atomic E-state index is 13.0. The van der Waals surface area contributed by atoms with Crippen molar-refractivity contribution in [2.24, 2.45) is 0 Å². The molecule has 19 heavy (non-hydrogen) atoms. The van der Waals surface area contributed by atoms with Crippen molar-refractivity contribution in [3.8, 4) is 11.3 Å². The lowest BCUT2D eigenvalue weighted by Gasteiger charge is -2.19. The van der Waals surface area contributed by atoms with Crippen LogP contribution in [0.15, 0.2) is 24.3 Å². The van der Waals surface area contributed by atoms with Gasteiger partial charge < -0.3 is 10.3 Å². The van der Waals surface area contributed by atoms with Crippen LogP contribution in [0.5, 0.6) is 0 Å². The van der Waals surface area contributed by atoms with Gasteiger partial charge >= 0.3 is 0 Å². The van der Waals surface area contributed by atoms with E-state index in [-0.39, 0.29) is 11.2 Å². The van der Waals surface area contributed by atoms with Crippen LogP contribution in [0.4, 0.5) is 10.2 Å². The average molecular weight is 261 g/mol. The standard InChI is InChI=1S/C15H20FN3/c1-5-19-13(17)12(18-14(19)15(2,3)4)10-6-8-11(16)9-7-10/h6-9H,5,17H2,1-4H3. The summed E-state index contributed by atoms with van der Waals surface area (Å²) in [6.07, 6.45) is 0. The molecule has 0 radical (unpaired) electrons. The number of nitrogens with two attached hydrogens (primary N) is 1. The molecule has 0 aliphatic heterocycles. The van der Waals surface area contributed by atoms with Gasteiger partial charge in [-0.25, -0.2) is 9.37 Å². The van der Waals surface area contributed by atoms with E-state index in [1.54, 1.807) is 12.1 Å². The largest absolute Gasteiger partial charge is 0.383 e. The third-order valence-corrected chi connectivity index (χ3v) is 3.11. The molecule has 2 N–H and O–H groups in total. The van der Waals surface area contributed by atoms with Gasteiger partial charge in [-0.05, 0) is 31.2 Å². The van der Waals surface area contributed by atoms with Gasteiger partial charge in [0.15, 0.2) is 0 Å². The maximum Gasteiger partial charge on any atom is 0.131 e. The number of aromatic nitrogens is 2. The van der Waals surface area contributed by atoms with Crippen LogP contribution in [-0.2, 0) is 12.0 Å². The minimum absolute atomic E-state index is 0.0809. The van der Waals surface area contributed by atoms with Gasteiger partial charge in [-0.15, -0.1) is 0 Å². The minimum Gasteiger partial charge on any atom is -0.383 e. The van der Waals surface area contributed by atoms with Crippen LogP contribution in [0.3, 0.4) is 0 Å². The van der Waals surface area contributed by atoms with Crippen molar-refractivity contribution < 1.29 is 4.39 Å². The van der Waals surface area contributed by atoms with Crippen molar-refractivity contribution in [2.75, 3.05) is 5.73 Å². The molecule has 102 valence electrons. The van der Waals surface area contributed by atoms with Gasteiger partial charge in [0, 0.05) is 17.5 Å². The molecule has 2 rings (SSSR count). The Hall–Kier alpha value is -1.84. The molecule has 0 unspecified atom stereocenters. The van der Waals surface area contributed by atoms with Gasteiger partial charge in [0.2, 0.25) is 0 Å². The SMILES string of the molecule is CCn1c(C(C)(C)C)nc(-c2ccc(F)cc2)c1N. The number of hydrogen-bond acceptors (Lipinski definition) is 2. The number of nitrogen functional groups attached to an aromatic ring is 1. The monoisotopic (exact) mass is 261 g/mol. The van der Waals surface area contributed by atoms with Crippen LogP contribution < -0.4 is 5.73 Å². The lowest BCUT2D eigenvalue weighted by atomic mass is 9.95. The number of rotatable bonds is 2. The van der Waals surface area contributed by atoms with Crippen LogP contribution >= 0.6 is 0 Å². The van der Waals surface area contributed by atoms with Gasteiger partial charge in [-0.2, -0.15) is 0 Å². The van der Waals surface area contributed by atoms with E-state index in [1.165, 1.54) is 12.1 Å². The van der Waals surface area contributed by atoms with E-state index in [9.17, 15) is 4.39 Å². The van der Waals surface area contributed by atoms with Crippen LogP contribution in [0.1, 0.15) is 33.5 Å². The molecule has 1 heterocycles. The highest BCUT2D eigenvalue weighted by Crippen LogP contribution is 2.31. The third-order valence-electron chi connectivity index (χ3n) is 3.11. The second kappa shape index (κ2) is 4.68. The molecule has 0 saturated carbocycles. The highest BCUT2D eigenvalue weighted by atomic mass is 19.1. The zero-order valence-electron chi connectivity index (χ0n) is 11.9. The predicted octanol–water partition coefficient (Wildman–Crippen LogP) is 3.59. The second-order valence-electron chi connectivity index (χ2n) is 5.67. The smallest absolute Gasteiger partial charge is 0.131 e. The molecule has 0 amide bonds. The number of nitrogens with zero attached hydrogens (tertiary/aromatic N) is 2. The minimum atomic E-state index is -0.256. The molecule has 3 nitrogen and oxygen atoms in total. The van der Waals surface area contributed by atoms with Crippen molar-refractivity contribution in [1.29, 1.82) is 0 Å². The summed E-state index contributed by atoms with van der Waals surface area (Å²) in [7, 11) is 0. The highest BCUT2D eigenvalue weighted by molar-refractivity contribution is 5.71. The fourth-order valence-electron chi connectivity index (χ4n) is 2.18. The van der Waals surface area contributed by atoms with E-state index in [2.05, 4.69) is 25.8 Å². The second-order valence-corrected chi connectivity index (χ2v) is 5.67. The summed E-state index contributed by atoms with van der Waals surface area (Å²) in [5.41, 5.74) is 7.68. The molecule has 0 aliphatic rings. The Morgan fingerprint density at radius 1 is 1.21 bits per heavy atom. The molecule has 0 spiro atoms. The van der Waals surface area contributed by atoms with Crippen LogP contribution in [0.25, 0.3) is 11.3 Å². The topological polar surface area (TPSA) is 43.8 Å². The maximum atomic E-state index is 13.0. The lowest BCUT2D eigenvalue weighted by Crippen LogP contribution is -2.19. The normalized spacial score (nSPS) is 11.8. The molecule has 0 fully saturated rings. The quantitative estimate of drug-likeness (QED) is 0.897. The first-order chi connectivity index (χ1) is 8.84. The van der Waals surface area contributed by atoms with Gasteiger partial charge in [-0.1, -0.05) is 20.8 Å². The zero-order chi connectivity index (χ0) is 14.2. The number of anilines is 1. The summed E-state index contributed by atoms with van der Waals surface area (Å²) in [6, 6.07) is 6.27. The Morgan fingerprint density at radius 3 is 2.21 bits per heavy atom. The number of halogens is 1. The molecule has 1 aromatic carbocycles. The number of imidazole rings is 1. The van der Waals surface area contributed by atoms with Crippen molar-refractivity contribution in [2.45, 2.75) is 39.7 Å². The van der Waals surface area contributed by atoms with E-state index < -0.39 is 0 Å². The first kappa shape index (κ1) is 13.6. The van der Waals surface area contributed by atoms with Crippen molar-refractivity contribution in [1.82, 2.24) is 9.55 Å². The van der Waals surface area contributed by atoms with E-state index in [4.69, 9.17) is 5.73 Å². The van der Waals surface area contributed by atoms with E-state index >= 15 is 0 Å². The molecule has 0 saturated heterocycles. The van der Waals surface area contributed by atoms with Gasteiger partial charge in [-0.3, -0.25) is 0 Å². The van der Waals surface area contributed by atoms with Crippen molar-refractivity contribution in [3.63, 3.8) is 0 Å². The Morgan fingerprint density at radius 2 is 1.79 bits per heavy atom. The molecular weight excluding hydrogens is 241 g/mol. The summed E-state index contributed by atoms with van der Waals surface area (Å²) in [4.78, 5) is 4.67. The van der Waals surface area contributed by atoms with Crippen LogP contribution in [0.2, 0.25) is 0 Å². The average Bonchev–Trinajstić information content (AvgIpc) is 2.67. The van der Waals surface area contributed by atoms with E-state index in [0.717, 1.165) is 23.6 Å². The first-order valence-corrected chi connectivity index (χ1v) is 6.47. The summed E-state index contributed by atoms with van der Waals surface area (Å²) >= 11 is 0. The van der Waals surface area contributed by atoms with Crippen molar-refractivity contribution in [3.05, 3.63) is 35.9 Å². The van der Waals surface area contributed by atoms with Crippen LogP contribution in [0, 0.1) is 5.82 Å². The van der Waals surface area contributed by atoms with Gasteiger partial charge in [0.25, 0.3) is 0 Å². The van der Waals surface area contributed by atoms with Gasteiger partial charge in [0.1, 0.15) is 23.2 Å². The summed E-state index contributed by atoms with van der Waals surface area (Å²) in [5, 5.41) is 0. The summed E-state index contributed by atoms with van der Waals surface area (Å²) in [6.45, 7) is 9.13. The van der Waals surface area contributed by atoms with E-state index in [1.807, 2.05) is 11.5 Å². The summed E-state index contributed by atoms with van der Waals surface area (Å²) < 4.78 is 15.0. The first-order valence-electron chi connectivity index (χ1n) is 6.47. The molecular formula is C15H20FN3. The zero-order valence-corrected chi connectivity index (χ0v) is 11.9. The molecule has 0 aliphatic carbocycles. The predicted molar refractivity (Wildman–Crippen MR) is 76.4 cm³/mol.